The summed E-state index contributed by atoms with van der Waals surface area (Å²) in [6, 6.07) is -0.706. The Morgan fingerprint density at radius 3 is 1.78 bits per heavy atom. The quantitative estimate of drug-likeness (QED) is 0.0570. The van der Waals surface area contributed by atoms with Crippen molar-refractivity contribution < 1.29 is 19.4 Å². The van der Waals surface area contributed by atoms with Gasteiger partial charge in [0.05, 0.1) is 7.11 Å². The van der Waals surface area contributed by atoms with Gasteiger partial charge in [-0.25, -0.2) is 4.79 Å². The van der Waals surface area contributed by atoms with E-state index in [1.54, 1.807) is 6.08 Å². The number of carbonyl (C=O) groups is 2. The fraction of sp³-hybridized carbons (Fsp3) is 0.600. The van der Waals surface area contributed by atoms with Gasteiger partial charge in [0.15, 0.2) is 0 Å². The van der Waals surface area contributed by atoms with E-state index in [0.717, 1.165) is 6.08 Å². The second-order valence-electron chi connectivity index (χ2n) is 9.89. The zero-order valence-corrected chi connectivity index (χ0v) is 26.7. The van der Waals surface area contributed by atoms with Crippen LogP contribution in [0.15, 0.2) is 58.5 Å². The van der Waals surface area contributed by atoms with Crippen molar-refractivity contribution in [1.29, 1.82) is 0 Å². The summed E-state index contributed by atoms with van der Waals surface area (Å²) in [5.41, 5.74) is 0. The van der Waals surface area contributed by atoms with Crippen LogP contribution in [0.2, 0.25) is 13.3 Å². The van der Waals surface area contributed by atoms with Gasteiger partial charge in [0.2, 0.25) is 0 Å². The number of ether oxygens (including phenoxy) is 1. The number of hydrogen-bond donors (Lipinski definition) is 1. The van der Waals surface area contributed by atoms with Crippen LogP contribution in [0.5, 0.6) is 0 Å². The molecule has 0 heterocycles. The van der Waals surface area contributed by atoms with Gasteiger partial charge in [-0.05, 0) is 5.92 Å². The molecule has 0 aromatic carbocycles. The third-order valence-electron chi connectivity index (χ3n) is 6.47. The fourth-order valence-electron chi connectivity index (χ4n) is 4.29. The van der Waals surface area contributed by atoms with Gasteiger partial charge in [-0.15, -0.1) is 0 Å². The number of rotatable bonds is 18. The van der Waals surface area contributed by atoms with E-state index in [-0.39, 0.29) is 11.7 Å². The molecule has 0 aromatic heterocycles. The second kappa shape index (κ2) is 20.3. The molecule has 0 aliphatic heterocycles. The predicted molar refractivity (Wildman–Crippen MR) is 156 cm³/mol. The topological polar surface area (TPSA) is 66.8 Å². The Kier molecular flexibility index (Phi) is 19.3. The molecule has 6 heteroatoms. The van der Waals surface area contributed by atoms with Gasteiger partial charge in [-0.2, -0.15) is 0 Å². The maximum absolute atomic E-state index is 12.4. The Morgan fingerprint density at radius 1 is 0.861 bits per heavy atom. The van der Waals surface area contributed by atoms with Gasteiger partial charge < -0.3 is 4.74 Å². The molecule has 0 radical (unpaired) electrons. The average molecular weight is 608 g/mol. The Morgan fingerprint density at radius 2 is 1.33 bits per heavy atom. The molecule has 0 saturated heterocycles. The summed E-state index contributed by atoms with van der Waals surface area (Å²) in [6.45, 7) is 10.6. The second-order valence-corrected chi connectivity index (χ2v) is 22.9. The number of esters is 1. The first-order chi connectivity index (χ1) is 17.2. The number of likely N-dealkylation sites (N-methyl/N-ethyl adjacent to an activating group) is 1. The van der Waals surface area contributed by atoms with E-state index >= 15 is 0 Å². The molecular weight excluding hydrogens is 557 g/mol. The van der Waals surface area contributed by atoms with E-state index in [9.17, 15) is 14.7 Å². The van der Waals surface area contributed by atoms with Crippen LogP contribution in [0.3, 0.4) is 0 Å². The molecule has 0 rings (SSSR count). The third kappa shape index (κ3) is 14.1. The molecule has 204 valence electrons. The number of aliphatic hydroxyl groups is 1. The van der Waals surface area contributed by atoms with Crippen molar-refractivity contribution in [2.24, 2.45) is 5.92 Å². The van der Waals surface area contributed by atoms with Gasteiger partial charge >= 0.3 is 176 Å². The summed E-state index contributed by atoms with van der Waals surface area (Å²) >= 11 is -2.23. The van der Waals surface area contributed by atoms with Gasteiger partial charge in [-0.3, -0.25) is 0 Å². The number of hydrogen-bond acceptors (Lipinski definition) is 4. The number of carbonyl (C=O) groups excluding carboxylic acids is 2. The predicted octanol–water partition coefficient (Wildman–Crippen LogP) is 7.70. The molecule has 0 saturated carbocycles. The van der Waals surface area contributed by atoms with Crippen molar-refractivity contribution in [3.63, 3.8) is 0 Å². The van der Waals surface area contributed by atoms with Crippen molar-refractivity contribution in [2.75, 3.05) is 14.2 Å². The molecule has 36 heavy (non-hydrogen) atoms. The number of methoxy groups -OCH3 is 1. The van der Waals surface area contributed by atoms with Crippen molar-refractivity contribution in [1.82, 2.24) is 4.90 Å². The zero-order chi connectivity index (χ0) is 27.4. The summed E-state index contributed by atoms with van der Waals surface area (Å²) in [5, 5.41) is 10.1. The normalized spacial score (nSPS) is 14.1. The molecule has 1 amide bonds. The van der Waals surface area contributed by atoms with E-state index in [0.29, 0.717) is 0 Å². The van der Waals surface area contributed by atoms with Gasteiger partial charge in [0.25, 0.3) is 0 Å². The van der Waals surface area contributed by atoms with Gasteiger partial charge in [0.1, 0.15) is 6.04 Å². The van der Waals surface area contributed by atoms with Crippen LogP contribution < -0.4 is 0 Å². The monoisotopic (exact) mass is 609 g/mol. The molecule has 0 aliphatic rings. The Labute approximate surface area is 224 Å². The van der Waals surface area contributed by atoms with Crippen LogP contribution in [0, 0.1) is 5.92 Å². The van der Waals surface area contributed by atoms with E-state index in [1.165, 1.54) is 77.0 Å². The molecule has 0 bridgehead atoms. The minimum absolute atomic E-state index is 0.111. The SMILES string of the molecule is CCC[CH2][Sn](/[CH]=C/C=C/C=C/C=C/C(O)=C/C(=O)N(C)[C@H](C(=O)OC)C(C)C)([CH2]CCC)[CH2]CCC. The van der Waals surface area contributed by atoms with E-state index in [2.05, 4.69) is 37.0 Å². The van der Waals surface area contributed by atoms with Gasteiger partial charge in [-0.1, -0.05) is 13.8 Å². The van der Waals surface area contributed by atoms with E-state index < -0.39 is 36.3 Å². The Balaban J connectivity index is 5.10. The third-order valence-corrected chi connectivity index (χ3v) is 20.6. The van der Waals surface area contributed by atoms with E-state index in [4.69, 9.17) is 4.74 Å². The zero-order valence-electron chi connectivity index (χ0n) is 23.8. The molecule has 0 aromatic rings. The molecule has 0 aliphatic carbocycles. The van der Waals surface area contributed by atoms with Crippen molar-refractivity contribution >= 4 is 30.3 Å². The summed E-state index contributed by atoms with van der Waals surface area (Å²) < 4.78 is 11.8. The molecule has 0 fully saturated rings. The number of allylic oxidation sites excluding steroid dienone is 7. The molecular formula is C30H51NO4Sn. The average Bonchev–Trinajstić information content (AvgIpc) is 2.85. The Hall–Kier alpha value is -1.76. The summed E-state index contributed by atoms with van der Waals surface area (Å²) in [5.74, 6) is -1.22. The molecule has 1 atom stereocenters. The molecule has 5 nitrogen and oxygen atoms in total. The maximum atomic E-state index is 12.4. The van der Waals surface area contributed by atoms with Gasteiger partial charge in [0, 0.05) is 7.05 Å². The number of aliphatic hydroxyl groups excluding tert-OH is 1. The van der Waals surface area contributed by atoms with Crippen molar-refractivity contribution in [2.45, 2.75) is 92.5 Å². The first-order valence-electron chi connectivity index (χ1n) is 13.6. The molecule has 0 unspecified atom stereocenters. The molecule has 0 spiro atoms. The Bertz CT molecular complexity index is 758. The van der Waals surface area contributed by atoms with Crippen LogP contribution in [0.25, 0.3) is 0 Å². The van der Waals surface area contributed by atoms with Crippen molar-refractivity contribution in [3.05, 3.63) is 58.5 Å². The number of amides is 1. The first kappa shape index (κ1) is 34.2. The number of unbranched alkanes of at least 4 members (excludes halogenated alkanes) is 3. The standard InChI is InChI=1S/C18H24NO4.3C4H9.Sn/c1-6-7-8-9-10-11-12-15(20)13-16(21)19(4)17(14(2)3)18(22)23-5;3*1-3-4-2;/h1,6-14,17,20H,2-5H3;3*1,3-4H2,2H3;/b6-1?,8-7+,10-9+,12-11+,15-13-;;;;/t17-;;;;/m0..../s1. The van der Waals surface area contributed by atoms with Crippen molar-refractivity contribution in [3.8, 4) is 0 Å². The van der Waals surface area contributed by atoms with Crippen LogP contribution in [-0.2, 0) is 14.3 Å². The first-order valence-corrected chi connectivity index (χ1v) is 21.3. The fourth-order valence-corrected chi connectivity index (χ4v) is 18.4. The summed E-state index contributed by atoms with van der Waals surface area (Å²) in [7, 11) is 2.83. The summed E-state index contributed by atoms with van der Waals surface area (Å²) in [6.07, 6.45) is 22.3. The minimum atomic E-state index is -2.23. The van der Waals surface area contributed by atoms with E-state index in [1.807, 2.05) is 32.1 Å². The number of nitrogens with zero attached hydrogens (tertiary/aromatic N) is 1. The van der Waals surface area contributed by atoms with Crippen LogP contribution in [0.1, 0.15) is 73.1 Å². The summed E-state index contributed by atoms with van der Waals surface area (Å²) in [4.78, 5) is 25.7. The van der Waals surface area contributed by atoms with Crippen LogP contribution in [-0.4, -0.2) is 60.5 Å². The van der Waals surface area contributed by atoms with Crippen LogP contribution in [0.4, 0.5) is 0 Å². The van der Waals surface area contributed by atoms with Crippen LogP contribution >= 0.6 is 0 Å². The molecule has 1 N–H and O–H groups in total.